The summed E-state index contributed by atoms with van der Waals surface area (Å²) in [7, 11) is -4.29. The van der Waals surface area contributed by atoms with E-state index in [0.717, 1.165) is 16.8 Å². The summed E-state index contributed by atoms with van der Waals surface area (Å²) in [5.74, 6) is -0.191. The molecule has 3 N–H and O–H groups in total. The van der Waals surface area contributed by atoms with Gasteiger partial charge < -0.3 is 19.7 Å². The molecule has 35 heavy (non-hydrogen) atoms. The first kappa shape index (κ1) is 28.7. The number of carbonyl (C=O) groups excluding carboxylic acids is 2. The number of hydrogen-bond acceptors (Lipinski definition) is 7. The molecule has 1 aromatic rings. The number of fused-ring (bicyclic) bond motifs is 1. The highest BCUT2D eigenvalue weighted by Gasteiger charge is 2.32. The molecule has 0 unspecified atom stereocenters. The molecule has 1 aliphatic heterocycles. The van der Waals surface area contributed by atoms with Crippen LogP contribution < -0.4 is 19.7 Å². The first-order chi connectivity index (χ1) is 16.0. The quantitative estimate of drug-likeness (QED) is 0.451. The molecule has 0 atom stereocenters. The summed E-state index contributed by atoms with van der Waals surface area (Å²) in [5, 5.41) is 3.03. The van der Waals surface area contributed by atoms with Crippen LogP contribution in [0.25, 0.3) is 0 Å². The predicted molar refractivity (Wildman–Crippen MR) is 138 cm³/mol. The molecule has 11 heteroatoms. The lowest BCUT2D eigenvalue weighted by Crippen LogP contribution is -2.39. The van der Waals surface area contributed by atoms with Gasteiger partial charge in [0.1, 0.15) is 5.60 Å². The fourth-order valence-corrected chi connectivity index (χ4v) is 4.68. The first-order valence-electron chi connectivity index (χ1n) is 11.8. The maximum atomic E-state index is 12.9. The number of rotatable bonds is 8. The summed E-state index contributed by atoms with van der Waals surface area (Å²) in [6.45, 7) is 18.4. The van der Waals surface area contributed by atoms with Crippen LogP contribution in [0.5, 0.6) is 0 Å². The minimum Gasteiger partial charge on any atom is -0.443 e. The molecular weight excluding hydrogens is 472 g/mol. The van der Waals surface area contributed by atoms with E-state index >= 15 is 0 Å². The number of ether oxygens (including phenoxy) is 2. The zero-order chi connectivity index (χ0) is 26.8. The fraction of sp³-hybridized carbons (Fsp3) is 0.667. The molecule has 1 aromatic carbocycles. The van der Waals surface area contributed by atoms with Gasteiger partial charge in [0.15, 0.2) is 0 Å². The molecule has 1 heterocycles. The molecule has 1 aliphatic rings. The number of amides is 2. The predicted octanol–water partition coefficient (Wildman–Crippen LogP) is 3.87. The van der Waals surface area contributed by atoms with Crippen molar-refractivity contribution < 1.29 is 27.5 Å². The Hall–Kier alpha value is -2.53. The highest BCUT2D eigenvalue weighted by atomic mass is 32.2. The molecule has 198 valence electrons. The third-order valence-corrected chi connectivity index (χ3v) is 6.44. The summed E-state index contributed by atoms with van der Waals surface area (Å²) in [6, 6.07) is 0. The van der Waals surface area contributed by atoms with Gasteiger partial charge in [0.05, 0.1) is 23.7 Å². The Bertz CT molecular complexity index is 1070. The molecule has 10 nitrogen and oxygen atoms in total. The topological polar surface area (TPSA) is 126 Å². The average molecular weight is 513 g/mol. The maximum absolute atomic E-state index is 12.9. The Labute approximate surface area is 209 Å². The van der Waals surface area contributed by atoms with Gasteiger partial charge in [-0.2, -0.15) is 8.42 Å². The second kappa shape index (κ2) is 10.6. The molecule has 0 spiro atoms. The van der Waals surface area contributed by atoms with Crippen molar-refractivity contribution in [1.82, 2.24) is 4.72 Å². The highest BCUT2D eigenvalue weighted by Crippen LogP contribution is 2.45. The number of nitrogens with zero attached hydrogens (tertiary/aromatic N) is 1. The van der Waals surface area contributed by atoms with E-state index in [2.05, 4.69) is 14.9 Å². The lowest BCUT2D eigenvalue weighted by Gasteiger charge is -2.28. The third kappa shape index (κ3) is 7.47. The zero-order valence-corrected chi connectivity index (χ0v) is 23.2. The van der Waals surface area contributed by atoms with Crippen LogP contribution in [0.1, 0.15) is 65.2 Å². The van der Waals surface area contributed by atoms with Crippen LogP contribution in [0.3, 0.4) is 0 Å². The second-order valence-electron chi connectivity index (χ2n) is 10.7. The van der Waals surface area contributed by atoms with Crippen molar-refractivity contribution >= 4 is 39.3 Å². The van der Waals surface area contributed by atoms with E-state index in [-0.39, 0.29) is 5.91 Å². The van der Waals surface area contributed by atoms with Crippen LogP contribution in [0.2, 0.25) is 0 Å². The summed E-state index contributed by atoms with van der Waals surface area (Å²) in [5.41, 5.74) is 2.46. The van der Waals surface area contributed by atoms with Crippen molar-refractivity contribution in [3.8, 4) is 0 Å². The van der Waals surface area contributed by atoms with Gasteiger partial charge in [-0.25, -0.2) is 9.52 Å². The van der Waals surface area contributed by atoms with Crippen molar-refractivity contribution in [2.75, 3.05) is 41.2 Å². The number of anilines is 3. The van der Waals surface area contributed by atoms with Gasteiger partial charge in [0.25, 0.3) is 0 Å². The lowest BCUT2D eigenvalue weighted by atomic mass is 9.94. The number of hydrogen-bond donors (Lipinski definition) is 3. The van der Waals surface area contributed by atoms with Crippen molar-refractivity contribution in [2.45, 2.75) is 74.3 Å². The van der Waals surface area contributed by atoms with Crippen molar-refractivity contribution in [1.29, 1.82) is 0 Å². The van der Waals surface area contributed by atoms with Gasteiger partial charge in [0.2, 0.25) is 5.91 Å². The van der Waals surface area contributed by atoms with E-state index in [0.29, 0.717) is 49.7 Å². The molecular formula is C24H40N4O6S. The summed E-state index contributed by atoms with van der Waals surface area (Å²) >= 11 is 0. The van der Waals surface area contributed by atoms with Crippen molar-refractivity contribution in [3.63, 3.8) is 0 Å². The number of carbonyl (C=O) groups is 2. The molecule has 2 amide bonds. The van der Waals surface area contributed by atoms with Crippen molar-refractivity contribution in [2.24, 2.45) is 5.41 Å². The van der Waals surface area contributed by atoms with E-state index in [4.69, 9.17) is 9.47 Å². The summed E-state index contributed by atoms with van der Waals surface area (Å²) < 4.78 is 40.6. The molecule has 0 radical (unpaired) electrons. The van der Waals surface area contributed by atoms with E-state index in [1.807, 2.05) is 39.3 Å². The van der Waals surface area contributed by atoms with Crippen LogP contribution in [0.15, 0.2) is 0 Å². The van der Waals surface area contributed by atoms with E-state index in [1.54, 1.807) is 27.7 Å². The fourth-order valence-electron chi connectivity index (χ4n) is 3.79. The monoisotopic (exact) mass is 512 g/mol. The Morgan fingerprint density at radius 3 is 2.20 bits per heavy atom. The Morgan fingerprint density at radius 2 is 1.66 bits per heavy atom. The maximum Gasteiger partial charge on any atom is 0.422 e. The normalized spacial score (nSPS) is 13.9. The minimum atomic E-state index is -4.29. The zero-order valence-electron chi connectivity index (χ0n) is 22.3. The molecule has 0 saturated heterocycles. The van der Waals surface area contributed by atoms with Crippen LogP contribution in [0, 0.1) is 19.3 Å². The SMILES string of the molecule is CCOCCN1CCc2c(C)c(NS(=O)(=O)NC(=O)OC(C)(C)C)c(C)c(NC(=O)C(C)(C)C)c21. The summed E-state index contributed by atoms with van der Waals surface area (Å²) in [4.78, 5) is 27.2. The van der Waals surface area contributed by atoms with Gasteiger partial charge in [-0.05, 0) is 64.7 Å². The largest absolute Gasteiger partial charge is 0.443 e. The van der Waals surface area contributed by atoms with E-state index in [1.165, 1.54) is 0 Å². The van der Waals surface area contributed by atoms with Crippen LogP contribution in [0.4, 0.5) is 21.9 Å². The van der Waals surface area contributed by atoms with Gasteiger partial charge >= 0.3 is 16.3 Å². The van der Waals surface area contributed by atoms with E-state index < -0.39 is 27.3 Å². The molecule has 0 fully saturated rings. The average Bonchev–Trinajstić information content (AvgIpc) is 3.09. The smallest absolute Gasteiger partial charge is 0.422 e. The highest BCUT2D eigenvalue weighted by molar-refractivity contribution is 7.91. The van der Waals surface area contributed by atoms with Gasteiger partial charge in [-0.1, -0.05) is 20.8 Å². The number of nitrogens with one attached hydrogen (secondary N) is 3. The molecule has 0 aliphatic carbocycles. The Balaban J connectivity index is 2.51. The standard InChI is InChI=1S/C24H40N4O6S/c1-10-33-14-13-28-12-11-17-15(2)18(26-35(31,32)27-22(30)34-24(7,8)9)16(3)19(20(17)28)25-21(29)23(4,5)6/h26H,10-14H2,1-9H3,(H,25,29)(H,27,30). The van der Waals surface area contributed by atoms with Crippen LogP contribution >= 0.6 is 0 Å². The molecule has 2 rings (SSSR count). The van der Waals surface area contributed by atoms with Crippen LogP contribution in [-0.4, -0.2) is 52.3 Å². The van der Waals surface area contributed by atoms with Crippen molar-refractivity contribution in [3.05, 3.63) is 16.7 Å². The Morgan fingerprint density at radius 1 is 1.03 bits per heavy atom. The molecule has 0 aromatic heterocycles. The van der Waals surface area contributed by atoms with Crippen LogP contribution in [-0.2, 0) is 30.9 Å². The number of benzene rings is 1. The first-order valence-corrected chi connectivity index (χ1v) is 13.3. The van der Waals surface area contributed by atoms with Gasteiger partial charge in [0, 0.05) is 25.1 Å². The van der Waals surface area contributed by atoms with Gasteiger partial charge in [-0.15, -0.1) is 0 Å². The third-order valence-electron chi connectivity index (χ3n) is 5.53. The summed E-state index contributed by atoms with van der Waals surface area (Å²) in [6.07, 6.45) is -0.398. The Kier molecular flexibility index (Phi) is 8.70. The molecule has 0 bridgehead atoms. The second-order valence-corrected chi connectivity index (χ2v) is 12.1. The van der Waals surface area contributed by atoms with E-state index in [9.17, 15) is 18.0 Å². The lowest BCUT2D eigenvalue weighted by molar-refractivity contribution is -0.123. The molecule has 0 saturated carbocycles. The van der Waals surface area contributed by atoms with Gasteiger partial charge in [-0.3, -0.25) is 9.52 Å². The minimum absolute atomic E-state index is 0.191.